The van der Waals surface area contributed by atoms with E-state index in [1.807, 2.05) is 24.3 Å². The lowest BCUT2D eigenvalue weighted by Crippen LogP contribution is -2.14. The Labute approximate surface area is 186 Å². The van der Waals surface area contributed by atoms with Gasteiger partial charge in [0.05, 0.1) is 33.6 Å². The summed E-state index contributed by atoms with van der Waals surface area (Å²) in [6.07, 6.45) is 0. The minimum absolute atomic E-state index is 0.232. The maximum absolute atomic E-state index is 13.0. The van der Waals surface area contributed by atoms with Crippen molar-refractivity contribution in [2.45, 2.75) is 0 Å². The van der Waals surface area contributed by atoms with Gasteiger partial charge in [0.25, 0.3) is 5.91 Å². The van der Waals surface area contributed by atoms with E-state index in [-0.39, 0.29) is 16.3 Å². The molecule has 29 heavy (non-hydrogen) atoms. The second-order valence-electron chi connectivity index (χ2n) is 6.10. The highest BCUT2D eigenvalue weighted by atomic mass is 35.5. The van der Waals surface area contributed by atoms with Crippen LogP contribution in [0.5, 0.6) is 5.75 Å². The van der Waals surface area contributed by atoms with Crippen molar-refractivity contribution in [2.24, 2.45) is 0 Å². The van der Waals surface area contributed by atoms with E-state index in [0.29, 0.717) is 15.7 Å². The molecule has 0 aliphatic heterocycles. The molecule has 1 aromatic heterocycles. The molecular weight excluding hydrogens is 451 g/mol. The number of carbonyl (C=O) groups excluding carboxylic acids is 1. The summed E-state index contributed by atoms with van der Waals surface area (Å²) in [4.78, 5) is 17.6. The molecule has 4 aromatic rings. The molecule has 0 bridgehead atoms. The molecule has 8 heteroatoms. The molecule has 0 spiro atoms. The maximum Gasteiger partial charge on any atom is 0.259 e. The molecule has 0 fully saturated rings. The van der Waals surface area contributed by atoms with Crippen LogP contribution in [0.2, 0.25) is 15.1 Å². The number of nitrogens with one attached hydrogen (secondary N) is 1. The van der Waals surface area contributed by atoms with Gasteiger partial charge in [-0.3, -0.25) is 4.79 Å². The van der Waals surface area contributed by atoms with Gasteiger partial charge in [0.1, 0.15) is 10.8 Å². The standard InChI is InChI=1S/C21H13Cl3N2O2S/c1-28-19-14(9-12(23)10-15(19)24)20(27)25-16-7-6-11(22)8-13(16)21-26-17-4-2-3-5-18(17)29-21/h2-10H,1H3,(H,25,27). The first-order chi connectivity index (χ1) is 14.0. The number of methoxy groups -OCH3 is 1. The first-order valence-corrected chi connectivity index (χ1v) is 10.4. The van der Waals surface area contributed by atoms with Crippen molar-refractivity contribution in [1.29, 1.82) is 0 Å². The smallest absolute Gasteiger partial charge is 0.259 e. The predicted octanol–water partition coefficient (Wildman–Crippen LogP) is 7.18. The van der Waals surface area contributed by atoms with Crippen molar-refractivity contribution in [3.8, 4) is 16.3 Å². The van der Waals surface area contributed by atoms with Crippen LogP contribution in [0.1, 0.15) is 10.4 Å². The molecule has 0 saturated heterocycles. The van der Waals surface area contributed by atoms with E-state index < -0.39 is 5.91 Å². The first kappa shape index (κ1) is 20.0. The average Bonchev–Trinajstić information content (AvgIpc) is 3.12. The third kappa shape index (κ3) is 4.05. The highest BCUT2D eigenvalue weighted by molar-refractivity contribution is 7.21. The molecule has 4 rings (SSSR count). The van der Waals surface area contributed by atoms with E-state index in [4.69, 9.17) is 39.5 Å². The van der Waals surface area contributed by atoms with Crippen molar-refractivity contribution in [3.63, 3.8) is 0 Å². The monoisotopic (exact) mass is 462 g/mol. The lowest BCUT2D eigenvalue weighted by Gasteiger charge is -2.13. The van der Waals surface area contributed by atoms with Gasteiger partial charge in [-0.1, -0.05) is 46.9 Å². The zero-order valence-electron chi connectivity index (χ0n) is 15.0. The molecule has 1 amide bonds. The zero-order valence-corrected chi connectivity index (χ0v) is 18.1. The average molecular weight is 464 g/mol. The molecule has 0 aliphatic rings. The fourth-order valence-corrected chi connectivity index (χ4v) is 4.65. The van der Waals surface area contributed by atoms with Crippen LogP contribution in [0.4, 0.5) is 5.69 Å². The van der Waals surface area contributed by atoms with Crippen LogP contribution < -0.4 is 10.1 Å². The van der Waals surface area contributed by atoms with Gasteiger partial charge in [-0.25, -0.2) is 4.98 Å². The molecule has 146 valence electrons. The van der Waals surface area contributed by atoms with E-state index in [9.17, 15) is 4.79 Å². The number of anilines is 1. The van der Waals surface area contributed by atoms with Gasteiger partial charge >= 0.3 is 0 Å². The number of fused-ring (bicyclic) bond motifs is 1. The quantitative estimate of drug-likeness (QED) is 0.348. The van der Waals surface area contributed by atoms with Gasteiger partial charge in [-0.2, -0.15) is 0 Å². The molecular formula is C21H13Cl3N2O2S. The topological polar surface area (TPSA) is 51.2 Å². The number of hydrogen-bond acceptors (Lipinski definition) is 4. The summed E-state index contributed by atoms with van der Waals surface area (Å²) < 4.78 is 6.33. The Morgan fingerprint density at radius 2 is 1.83 bits per heavy atom. The molecule has 3 aromatic carbocycles. The maximum atomic E-state index is 13.0. The van der Waals surface area contributed by atoms with Crippen molar-refractivity contribution in [1.82, 2.24) is 4.98 Å². The Morgan fingerprint density at radius 3 is 2.59 bits per heavy atom. The largest absolute Gasteiger partial charge is 0.494 e. The summed E-state index contributed by atoms with van der Waals surface area (Å²) in [5.74, 6) is -0.153. The van der Waals surface area contributed by atoms with Crippen LogP contribution in [0, 0.1) is 0 Å². The lowest BCUT2D eigenvalue weighted by molar-refractivity contribution is 0.102. The van der Waals surface area contributed by atoms with Gasteiger partial charge in [0.2, 0.25) is 0 Å². The molecule has 0 aliphatic carbocycles. The summed E-state index contributed by atoms with van der Waals surface area (Å²) in [5, 5.41) is 4.78. The summed E-state index contributed by atoms with van der Waals surface area (Å²) in [6, 6.07) is 16.1. The predicted molar refractivity (Wildman–Crippen MR) is 121 cm³/mol. The van der Waals surface area contributed by atoms with Crippen LogP contribution >= 0.6 is 46.1 Å². The number of amides is 1. The summed E-state index contributed by atoms with van der Waals surface area (Å²) in [6.45, 7) is 0. The van der Waals surface area contributed by atoms with Crippen LogP contribution in [-0.2, 0) is 0 Å². The second-order valence-corrected chi connectivity index (χ2v) is 8.41. The van der Waals surface area contributed by atoms with E-state index in [0.717, 1.165) is 20.8 Å². The fraction of sp³-hybridized carbons (Fsp3) is 0.0476. The number of nitrogens with zero attached hydrogens (tertiary/aromatic N) is 1. The van der Waals surface area contributed by atoms with Crippen LogP contribution in [0.3, 0.4) is 0 Å². The number of thiazole rings is 1. The third-order valence-electron chi connectivity index (χ3n) is 4.21. The zero-order chi connectivity index (χ0) is 20.5. The van der Waals surface area contributed by atoms with Gasteiger partial charge in [0, 0.05) is 15.6 Å². The van der Waals surface area contributed by atoms with Crippen molar-refractivity contribution in [2.75, 3.05) is 12.4 Å². The number of hydrogen-bond donors (Lipinski definition) is 1. The molecule has 0 atom stereocenters. The lowest BCUT2D eigenvalue weighted by atomic mass is 10.1. The number of ether oxygens (including phenoxy) is 1. The Hall–Kier alpha value is -2.31. The Balaban J connectivity index is 1.76. The highest BCUT2D eigenvalue weighted by Gasteiger charge is 2.19. The van der Waals surface area contributed by atoms with Gasteiger partial charge < -0.3 is 10.1 Å². The summed E-state index contributed by atoms with van der Waals surface area (Å²) in [5.41, 5.74) is 2.40. The minimum atomic E-state index is -0.407. The van der Waals surface area contributed by atoms with Crippen LogP contribution in [-0.4, -0.2) is 18.0 Å². The Bertz CT molecular complexity index is 1210. The molecule has 0 saturated carbocycles. The highest BCUT2D eigenvalue weighted by Crippen LogP contribution is 2.37. The number of benzene rings is 3. The van der Waals surface area contributed by atoms with E-state index in [2.05, 4.69) is 10.3 Å². The number of carbonyl (C=O) groups is 1. The molecule has 1 heterocycles. The molecule has 0 unspecified atom stereocenters. The number of para-hydroxylation sites is 1. The van der Waals surface area contributed by atoms with E-state index in [1.54, 1.807) is 18.2 Å². The number of halogens is 3. The van der Waals surface area contributed by atoms with Crippen molar-refractivity contribution < 1.29 is 9.53 Å². The SMILES string of the molecule is COc1c(Cl)cc(Cl)cc1C(=O)Nc1ccc(Cl)cc1-c1nc2ccccc2s1. The van der Waals surface area contributed by atoms with Gasteiger partial charge in [0.15, 0.2) is 0 Å². The van der Waals surface area contributed by atoms with E-state index in [1.165, 1.54) is 30.6 Å². The van der Waals surface area contributed by atoms with Crippen molar-refractivity contribution in [3.05, 3.63) is 75.2 Å². The Kier molecular flexibility index (Phi) is 5.65. The second kappa shape index (κ2) is 8.20. The normalized spacial score (nSPS) is 10.9. The molecule has 4 nitrogen and oxygen atoms in total. The minimum Gasteiger partial charge on any atom is -0.494 e. The van der Waals surface area contributed by atoms with Gasteiger partial charge in [-0.15, -0.1) is 11.3 Å². The summed E-state index contributed by atoms with van der Waals surface area (Å²) >= 11 is 20.0. The Morgan fingerprint density at radius 1 is 1.03 bits per heavy atom. The third-order valence-corrected chi connectivity index (χ3v) is 6.01. The first-order valence-electron chi connectivity index (χ1n) is 8.46. The van der Waals surface area contributed by atoms with E-state index >= 15 is 0 Å². The summed E-state index contributed by atoms with van der Waals surface area (Å²) in [7, 11) is 1.45. The van der Waals surface area contributed by atoms with Crippen LogP contribution in [0.25, 0.3) is 20.8 Å². The van der Waals surface area contributed by atoms with Crippen molar-refractivity contribution >= 4 is 68.0 Å². The fourth-order valence-electron chi connectivity index (χ4n) is 2.92. The number of rotatable bonds is 4. The molecule has 0 radical (unpaired) electrons. The van der Waals surface area contributed by atoms with Gasteiger partial charge in [-0.05, 0) is 42.5 Å². The van der Waals surface area contributed by atoms with Crippen LogP contribution in [0.15, 0.2) is 54.6 Å². The number of aromatic nitrogens is 1. The molecule has 1 N–H and O–H groups in total.